The molecule has 4 heterocycles. The van der Waals surface area contributed by atoms with E-state index in [-0.39, 0.29) is 23.7 Å². The number of rotatable bonds is 4. The van der Waals surface area contributed by atoms with Gasteiger partial charge in [0.2, 0.25) is 0 Å². The topological polar surface area (TPSA) is 65.4 Å². The first-order valence-electron chi connectivity index (χ1n) is 9.49. The van der Waals surface area contributed by atoms with E-state index in [1.54, 1.807) is 24.3 Å². The van der Waals surface area contributed by atoms with Gasteiger partial charge in [0, 0.05) is 43.9 Å². The van der Waals surface area contributed by atoms with Crippen molar-refractivity contribution < 1.29 is 13.6 Å². The summed E-state index contributed by atoms with van der Waals surface area (Å²) in [7, 11) is 0. The van der Waals surface area contributed by atoms with Crippen LogP contribution in [0, 0.1) is 17.7 Å². The molecule has 5 rings (SSSR count). The molecular weight excluding hydrogens is 359 g/mol. The lowest BCUT2D eigenvalue weighted by molar-refractivity contribution is 0.0667. The fraction of sp³-hybridized carbons (Fsp3) is 0.333. The van der Waals surface area contributed by atoms with Gasteiger partial charge in [-0.25, -0.2) is 4.39 Å². The van der Waals surface area contributed by atoms with Gasteiger partial charge in [-0.1, -0.05) is 12.1 Å². The summed E-state index contributed by atoms with van der Waals surface area (Å²) in [6.45, 7) is 3.24. The van der Waals surface area contributed by atoms with Gasteiger partial charge in [0.05, 0.1) is 18.5 Å². The summed E-state index contributed by atoms with van der Waals surface area (Å²) in [4.78, 5) is 17.3. The normalized spacial score (nSPS) is 24.6. The summed E-state index contributed by atoms with van der Waals surface area (Å²) in [6, 6.07) is 9.86. The van der Waals surface area contributed by atoms with Gasteiger partial charge in [-0.05, 0) is 35.7 Å². The van der Waals surface area contributed by atoms with Crippen LogP contribution in [0.25, 0.3) is 0 Å². The highest BCUT2D eigenvalue weighted by atomic mass is 19.1. The highest BCUT2D eigenvalue weighted by Crippen LogP contribution is 2.45. The Bertz CT molecular complexity index is 957. The second-order valence-electron chi connectivity index (χ2n) is 7.66. The van der Waals surface area contributed by atoms with Crippen LogP contribution in [0.5, 0.6) is 0 Å². The Balaban J connectivity index is 1.43. The number of furan rings is 1. The van der Waals surface area contributed by atoms with Crippen LogP contribution in [0.3, 0.4) is 0 Å². The van der Waals surface area contributed by atoms with Gasteiger partial charge in [0.15, 0.2) is 5.76 Å². The van der Waals surface area contributed by atoms with Crippen LogP contribution in [-0.4, -0.2) is 45.5 Å². The molecule has 0 aliphatic carbocycles. The Morgan fingerprint density at radius 2 is 2.18 bits per heavy atom. The fourth-order valence-electron chi connectivity index (χ4n) is 4.76. The number of aromatic nitrogens is 2. The maximum absolute atomic E-state index is 14.0. The molecule has 0 spiro atoms. The summed E-state index contributed by atoms with van der Waals surface area (Å²) in [5.41, 5.74) is 1.99. The number of amides is 1. The Labute approximate surface area is 161 Å². The highest BCUT2D eigenvalue weighted by molar-refractivity contribution is 5.92. The SMILES string of the molecule is O=C(c1ccco1)N1C[C@@H]2CN(Cc3cn[nH]c3)C[C@@H]2[C@H]1c1cccc(F)c1. The third-order valence-electron chi connectivity index (χ3n) is 5.88. The minimum absolute atomic E-state index is 0.130. The Kier molecular flexibility index (Phi) is 4.24. The number of nitrogens with one attached hydrogen (secondary N) is 1. The largest absolute Gasteiger partial charge is 0.459 e. The van der Waals surface area contributed by atoms with Crippen LogP contribution in [0.1, 0.15) is 27.7 Å². The maximum Gasteiger partial charge on any atom is 0.290 e. The molecule has 144 valence electrons. The number of benzene rings is 1. The van der Waals surface area contributed by atoms with E-state index in [0.29, 0.717) is 18.2 Å². The van der Waals surface area contributed by atoms with E-state index in [2.05, 4.69) is 15.1 Å². The van der Waals surface area contributed by atoms with E-state index in [1.807, 2.05) is 23.4 Å². The van der Waals surface area contributed by atoms with Gasteiger partial charge in [-0.3, -0.25) is 14.8 Å². The molecule has 1 aromatic carbocycles. The van der Waals surface area contributed by atoms with Crippen LogP contribution in [0.15, 0.2) is 59.5 Å². The second kappa shape index (κ2) is 6.91. The van der Waals surface area contributed by atoms with Gasteiger partial charge in [0.1, 0.15) is 5.82 Å². The molecule has 1 N–H and O–H groups in total. The van der Waals surface area contributed by atoms with Gasteiger partial charge >= 0.3 is 0 Å². The number of nitrogens with zero attached hydrogens (tertiary/aromatic N) is 3. The molecule has 7 heteroatoms. The zero-order chi connectivity index (χ0) is 19.1. The maximum atomic E-state index is 14.0. The van der Waals surface area contributed by atoms with Crippen molar-refractivity contribution in [1.82, 2.24) is 20.0 Å². The molecule has 1 amide bonds. The van der Waals surface area contributed by atoms with E-state index in [9.17, 15) is 9.18 Å². The van der Waals surface area contributed by atoms with Crippen molar-refractivity contribution >= 4 is 5.91 Å². The molecule has 28 heavy (non-hydrogen) atoms. The molecule has 2 fully saturated rings. The molecule has 0 radical (unpaired) electrons. The number of carbonyl (C=O) groups is 1. The van der Waals surface area contributed by atoms with Crippen LogP contribution >= 0.6 is 0 Å². The lowest BCUT2D eigenvalue weighted by Crippen LogP contribution is -2.35. The minimum Gasteiger partial charge on any atom is -0.459 e. The van der Waals surface area contributed by atoms with E-state index in [4.69, 9.17) is 4.42 Å². The summed E-state index contributed by atoms with van der Waals surface area (Å²) in [5.74, 6) is 0.526. The van der Waals surface area contributed by atoms with Crippen LogP contribution < -0.4 is 0 Å². The molecule has 0 unspecified atom stereocenters. The van der Waals surface area contributed by atoms with Crippen molar-refractivity contribution in [1.29, 1.82) is 0 Å². The number of H-pyrrole nitrogens is 1. The zero-order valence-electron chi connectivity index (χ0n) is 15.3. The number of carbonyl (C=O) groups excluding carboxylic acids is 1. The fourth-order valence-corrected chi connectivity index (χ4v) is 4.76. The Morgan fingerprint density at radius 3 is 2.93 bits per heavy atom. The molecule has 3 atom stereocenters. The number of aromatic amines is 1. The van der Waals surface area contributed by atoms with Gasteiger partial charge in [0.25, 0.3) is 5.91 Å². The molecule has 6 nitrogen and oxygen atoms in total. The standard InChI is InChI=1S/C21H21FN4O2/c22-17-4-1-3-15(7-17)20-18-13-25(10-14-8-23-24-9-14)11-16(18)12-26(20)21(27)19-5-2-6-28-19/h1-9,16,18,20H,10-13H2,(H,23,24)/t16-,18-,20+/m0/s1. The van der Waals surface area contributed by atoms with Crippen molar-refractivity contribution in [3.8, 4) is 0 Å². The Morgan fingerprint density at radius 1 is 1.25 bits per heavy atom. The third kappa shape index (κ3) is 3.01. The number of hydrogen-bond acceptors (Lipinski definition) is 4. The second-order valence-corrected chi connectivity index (χ2v) is 7.66. The first-order valence-corrected chi connectivity index (χ1v) is 9.49. The first kappa shape index (κ1) is 17.2. The van der Waals surface area contributed by atoms with Crippen molar-refractivity contribution in [3.05, 3.63) is 77.8 Å². The number of likely N-dealkylation sites (tertiary alicyclic amines) is 2. The first-order chi connectivity index (χ1) is 13.7. The van der Waals surface area contributed by atoms with Gasteiger partial charge in [-0.2, -0.15) is 5.10 Å². The average molecular weight is 380 g/mol. The molecule has 0 saturated carbocycles. The summed E-state index contributed by atoms with van der Waals surface area (Å²) < 4.78 is 19.3. The number of fused-ring (bicyclic) bond motifs is 1. The van der Waals surface area contributed by atoms with E-state index >= 15 is 0 Å². The Hall–Kier alpha value is -2.93. The predicted molar refractivity (Wildman–Crippen MR) is 99.7 cm³/mol. The smallest absolute Gasteiger partial charge is 0.290 e. The molecule has 2 saturated heterocycles. The summed E-state index contributed by atoms with van der Waals surface area (Å²) in [5, 5.41) is 6.87. The van der Waals surface area contributed by atoms with E-state index in [1.165, 1.54) is 12.3 Å². The molecule has 3 aromatic rings. The molecule has 2 aromatic heterocycles. The molecular formula is C21H21FN4O2. The summed E-state index contributed by atoms with van der Waals surface area (Å²) >= 11 is 0. The van der Waals surface area contributed by atoms with Crippen molar-refractivity contribution in [2.24, 2.45) is 11.8 Å². The summed E-state index contributed by atoms with van der Waals surface area (Å²) in [6.07, 6.45) is 5.25. The lowest BCUT2D eigenvalue weighted by Gasteiger charge is -2.29. The predicted octanol–water partition coefficient (Wildman–Crippen LogP) is 3.09. The van der Waals surface area contributed by atoms with Crippen LogP contribution in [-0.2, 0) is 6.54 Å². The minimum atomic E-state index is -0.278. The molecule has 0 bridgehead atoms. The van der Waals surface area contributed by atoms with Crippen LogP contribution in [0.4, 0.5) is 4.39 Å². The monoisotopic (exact) mass is 380 g/mol. The third-order valence-corrected chi connectivity index (χ3v) is 5.88. The van der Waals surface area contributed by atoms with Crippen molar-refractivity contribution in [3.63, 3.8) is 0 Å². The number of halogens is 1. The van der Waals surface area contributed by atoms with Crippen LogP contribution in [0.2, 0.25) is 0 Å². The molecule has 2 aliphatic heterocycles. The van der Waals surface area contributed by atoms with Gasteiger partial charge in [-0.15, -0.1) is 0 Å². The quantitative estimate of drug-likeness (QED) is 0.755. The average Bonchev–Trinajstić information content (AvgIpc) is 3.46. The van der Waals surface area contributed by atoms with E-state index < -0.39 is 0 Å². The zero-order valence-corrected chi connectivity index (χ0v) is 15.3. The van der Waals surface area contributed by atoms with Crippen molar-refractivity contribution in [2.45, 2.75) is 12.6 Å². The highest BCUT2D eigenvalue weighted by Gasteiger charge is 2.49. The van der Waals surface area contributed by atoms with Gasteiger partial charge < -0.3 is 9.32 Å². The van der Waals surface area contributed by atoms with E-state index in [0.717, 1.165) is 30.8 Å². The molecule has 2 aliphatic rings. The number of hydrogen-bond donors (Lipinski definition) is 1. The lowest BCUT2D eigenvalue weighted by atomic mass is 9.89. The van der Waals surface area contributed by atoms with Crippen molar-refractivity contribution in [2.75, 3.05) is 19.6 Å².